The average Bonchev–Trinajstić information content (AvgIpc) is 2.44. The summed E-state index contributed by atoms with van der Waals surface area (Å²) in [5.74, 6) is 0. The molecular weight excluding hydrogens is 306 g/mol. The molecule has 2 aromatic rings. The van der Waals surface area contributed by atoms with Gasteiger partial charge in [-0.05, 0) is 30.5 Å². The van der Waals surface area contributed by atoms with Crippen LogP contribution in [0.1, 0.15) is 25.5 Å². The van der Waals surface area contributed by atoms with E-state index in [-0.39, 0.29) is 6.04 Å². The van der Waals surface area contributed by atoms with Gasteiger partial charge in [0.05, 0.1) is 5.25 Å². The smallest absolute Gasteiger partial charge is 0.151 e. The highest BCUT2D eigenvalue weighted by Gasteiger charge is 2.28. The molecule has 2 aromatic carbocycles. The van der Waals surface area contributed by atoms with Crippen LogP contribution in [0.5, 0.6) is 0 Å². The van der Waals surface area contributed by atoms with E-state index < -0.39 is 15.1 Å². The van der Waals surface area contributed by atoms with E-state index in [0.717, 1.165) is 16.3 Å². The molecule has 0 radical (unpaired) electrons. The summed E-state index contributed by atoms with van der Waals surface area (Å²) in [5.41, 5.74) is 0.967. The fourth-order valence-corrected chi connectivity index (χ4v) is 3.52. The average molecular weight is 326 g/mol. The number of benzene rings is 2. The van der Waals surface area contributed by atoms with Crippen LogP contribution in [0.25, 0.3) is 10.8 Å². The number of fused-ring (bicyclic) bond motifs is 1. The van der Waals surface area contributed by atoms with Crippen LogP contribution < -0.4 is 5.32 Å². The van der Waals surface area contributed by atoms with Gasteiger partial charge in [-0.15, -0.1) is 0 Å². The lowest BCUT2D eigenvalue weighted by Gasteiger charge is -2.25. The highest BCUT2D eigenvalue weighted by Crippen LogP contribution is 2.32. The Morgan fingerprint density at radius 1 is 1.14 bits per heavy atom. The largest absolute Gasteiger partial charge is 0.309 e. The normalized spacial score (nSPS) is 15.0. The molecule has 0 amide bonds. The molecule has 5 heteroatoms. The first-order valence-electron chi connectivity index (χ1n) is 6.95. The Hall–Kier alpha value is -1.10. The van der Waals surface area contributed by atoms with E-state index in [1.54, 1.807) is 6.92 Å². The van der Waals surface area contributed by atoms with E-state index in [9.17, 15) is 8.42 Å². The number of sulfone groups is 1. The van der Waals surface area contributed by atoms with E-state index in [2.05, 4.69) is 5.32 Å². The van der Waals surface area contributed by atoms with Crippen LogP contribution in [-0.4, -0.2) is 26.5 Å². The Labute approximate surface area is 131 Å². The minimum Gasteiger partial charge on any atom is -0.309 e. The van der Waals surface area contributed by atoms with Crippen molar-refractivity contribution >= 4 is 32.2 Å². The molecule has 0 aliphatic heterocycles. The molecule has 114 valence electrons. The van der Waals surface area contributed by atoms with Crippen molar-refractivity contribution in [1.82, 2.24) is 5.32 Å². The number of halogens is 1. The summed E-state index contributed by atoms with van der Waals surface area (Å²) in [6.07, 6.45) is 1.28. The highest BCUT2D eigenvalue weighted by atomic mass is 35.5. The topological polar surface area (TPSA) is 46.2 Å². The Bertz CT molecular complexity index is 743. The molecule has 2 unspecified atom stereocenters. The first-order chi connectivity index (χ1) is 9.86. The fourth-order valence-electron chi connectivity index (χ4n) is 2.55. The monoisotopic (exact) mass is 325 g/mol. The first kappa shape index (κ1) is 16.3. The van der Waals surface area contributed by atoms with Gasteiger partial charge in [0.25, 0.3) is 0 Å². The standard InChI is InChI=1S/C16H20ClNO2S/c1-4-18-16(11(2)21(3,19)20)14-9-10-15(17)13-8-6-5-7-12(13)14/h5-11,16,18H,4H2,1-3H3. The molecule has 21 heavy (non-hydrogen) atoms. The Morgan fingerprint density at radius 2 is 1.76 bits per heavy atom. The minimum absolute atomic E-state index is 0.257. The van der Waals surface area contributed by atoms with Gasteiger partial charge in [-0.25, -0.2) is 8.42 Å². The van der Waals surface area contributed by atoms with Crippen molar-refractivity contribution in [2.24, 2.45) is 0 Å². The molecule has 0 spiro atoms. The predicted octanol–water partition coefficient (Wildman–Crippen LogP) is 3.58. The number of hydrogen-bond acceptors (Lipinski definition) is 3. The van der Waals surface area contributed by atoms with Gasteiger partial charge in [0.1, 0.15) is 0 Å². The van der Waals surface area contributed by atoms with Gasteiger partial charge in [0, 0.05) is 22.7 Å². The molecule has 0 saturated heterocycles. The van der Waals surface area contributed by atoms with Crippen molar-refractivity contribution in [3.05, 3.63) is 47.0 Å². The zero-order valence-electron chi connectivity index (χ0n) is 12.4. The molecule has 0 aliphatic rings. The molecule has 1 N–H and O–H groups in total. The van der Waals surface area contributed by atoms with Crippen LogP contribution in [0.3, 0.4) is 0 Å². The van der Waals surface area contributed by atoms with Crippen LogP contribution in [0.2, 0.25) is 5.02 Å². The summed E-state index contributed by atoms with van der Waals surface area (Å²) in [6, 6.07) is 11.3. The summed E-state index contributed by atoms with van der Waals surface area (Å²) < 4.78 is 23.9. The van der Waals surface area contributed by atoms with Gasteiger partial charge in [0.2, 0.25) is 0 Å². The van der Waals surface area contributed by atoms with E-state index >= 15 is 0 Å². The predicted molar refractivity (Wildman–Crippen MR) is 89.7 cm³/mol. The molecule has 0 heterocycles. The van der Waals surface area contributed by atoms with E-state index in [1.807, 2.05) is 43.3 Å². The maximum atomic E-state index is 12.0. The number of rotatable bonds is 5. The molecule has 0 bridgehead atoms. The molecule has 2 rings (SSSR count). The van der Waals surface area contributed by atoms with E-state index in [0.29, 0.717) is 11.6 Å². The summed E-state index contributed by atoms with van der Waals surface area (Å²) in [6.45, 7) is 4.41. The second-order valence-electron chi connectivity index (χ2n) is 5.25. The molecule has 0 fully saturated rings. The second-order valence-corrected chi connectivity index (χ2v) is 8.06. The SMILES string of the molecule is CCNC(c1ccc(Cl)c2ccccc12)C(C)S(C)(=O)=O. The van der Waals surface area contributed by atoms with Crippen LogP contribution >= 0.6 is 11.6 Å². The highest BCUT2D eigenvalue weighted by molar-refractivity contribution is 7.91. The quantitative estimate of drug-likeness (QED) is 0.914. The molecular formula is C16H20ClNO2S. The van der Waals surface area contributed by atoms with Crippen LogP contribution in [0, 0.1) is 0 Å². The van der Waals surface area contributed by atoms with Gasteiger partial charge in [-0.1, -0.05) is 48.9 Å². The number of hydrogen-bond donors (Lipinski definition) is 1. The third-order valence-electron chi connectivity index (χ3n) is 3.81. The van der Waals surface area contributed by atoms with Gasteiger partial charge in [0.15, 0.2) is 9.84 Å². The van der Waals surface area contributed by atoms with Gasteiger partial charge in [-0.3, -0.25) is 0 Å². The van der Waals surface area contributed by atoms with Crippen molar-refractivity contribution in [1.29, 1.82) is 0 Å². The van der Waals surface area contributed by atoms with Crippen molar-refractivity contribution < 1.29 is 8.42 Å². The van der Waals surface area contributed by atoms with E-state index in [4.69, 9.17) is 11.6 Å². The van der Waals surface area contributed by atoms with Crippen LogP contribution in [-0.2, 0) is 9.84 Å². The summed E-state index contributed by atoms with van der Waals surface area (Å²) in [7, 11) is -3.15. The third-order valence-corrected chi connectivity index (χ3v) is 5.76. The van der Waals surface area contributed by atoms with Crippen LogP contribution in [0.15, 0.2) is 36.4 Å². The summed E-state index contributed by atoms with van der Waals surface area (Å²) >= 11 is 6.24. The molecule has 2 atom stereocenters. The molecule has 0 aromatic heterocycles. The lowest BCUT2D eigenvalue weighted by atomic mass is 9.97. The van der Waals surface area contributed by atoms with Gasteiger partial charge in [-0.2, -0.15) is 0 Å². The lowest BCUT2D eigenvalue weighted by molar-refractivity contribution is 0.515. The van der Waals surface area contributed by atoms with Crippen molar-refractivity contribution in [2.45, 2.75) is 25.1 Å². The van der Waals surface area contributed by atoms with Crippen molar-refractivity contribution in [2.75, 3.05) is 12.8 Å². The minimum atomic E-state index is -3.15. The Balaban J connectivity index is 2.64. The number of nitrogens with one attached hydrogen (secondary N) is 1. The zero-order chi connectivity index (χ0) is 15.6. The zero-order valence-corrected chi connectivity index (χ0v) is 14.0. The van der Waals surface area contributed by atoms with Crippen molar-refractivity contribution in [3.8, 4) is 0 Å². The van der Waals surface area contributed by atoms with Crippen LogP contribution in [0.4, 0.5) is 0 Å². The van der Waals surface area contributed by atoms with E-state index in [1.165, 1.54) is 6.26 Å². The lowest BCUT2D eigenvalue weighted by Crippen LogP contribution is -2.35. The maximum absolute atomic E-state index is 12.0. The Morgan fingerprint density at radius 3 is 2.33 bits per heavy atom. The molecule has 0 saturated carbocycles. The second kappa shape index (κ2) is 6.34. The summed E-state index contributed by atoms with van der Waals surface area (Å²) in [5, 5.41) is 5.40. The molecule has 3 nitrogen and oxygen atoms in total. The fraction of sp³-hybridized carbons (Fsp3) is 0.375. The summed E-state index contributed by atoms with van der Waals surface area (Å²) in [4.78, 5) is 0. The first-order valence-corrected chi connectivity index (χ1v) is 9.29. The van der Waals surface area contributed by atoms with Gasteiger partial charge >= 0.3 is 0 Å². The van der Waals surface area contributed by atoms with Crippen molar-refractivity contribution in [3.63, 3.8) is 0 Å². The molecule has 0 aliphatic carbocycles. The maximum Gasteiger partial charge on any atom is 0.151 e. The van der Waals surface area contributed by atoms with Gasteiger partial charge < -0.3 is 5.32 Å². The Kier molecular flexibility index (Phi) is 4.91. The third kappa shape index (κ3) is 3.39.